The Morgan fingerprint density at radius 3 is 2.07 bits per heavy atom. The molecule has 0 heterocycles. The number of benzene rings is 1. The van der Waals surface area contributed by atoms with Crippen molar-refractivity contribution in [3.8, 4) is 0 Å². The minimum atomic E-state index is -0.833. The van der Waals surface area contributed by atoms with Crippen molar-refractivity contribution in [1.29, 1.82) is 0 Å². The quantitative estimate of drug-likeness (QED) is 0.774. The molecule has 0 fully saturated rings. The summed E-state index contributed by atoms with van der Waals surface area (Å²) in [6.45, 7) is 3.22. The summed E-state index contributed by atoms with van der Waals surface area (Å²) in [6, 6.07) is 9.83. The van der Waals surface area contributed by atoms with E-state index in [1.807, 2.05) is 30.3 Å². The number of carboxylic acids is 1. The topological polar surface area (TPSA) is 66.4 Å². The van der Waals surface area contributed by atoms with Gasteiger partial charge >= 0.3 is 0 Å². The fraction of sp³-hybridized carbons (Fsp3) is 0.273. The van der Waals surface area contributed by atoms with Gasteiger partial charge in [0.05, 0.1) is 0 Å². The molecule has 1 aromatic rings. The van der Waals surface area contributed by atoms with Crippen LogP contribution in [-0.2, 0) is 16.1 Å². The van der Waals surface area contributed by atoms with Gasteiger partial charge in [0.15, 0.2) is 0 Å². The van der Waals surface area contributed by atoms with Crippen molar-refractivity contribution in [2.24, 2.45) is 0 Å². The number of hydrogen-bond donors (Lipinski definition) is 2. The van der Waals surface area contributed by atoms with Gasteiger partial charge in [0.2, 0.25) is 5.91 Å². The van der Waals surface area contributed by atoms with E-state index in [4.69, 9.17) is 9.90 Å². The van der Waals surface area contributed by atoms with Gasteiger partial charge < -0.3 is 10.4 Å². The fourth-order valence-electron chi connectivity index (χ4n) is 0.822. The number of carbonyl (C=O) groups is 2. The summed E-state index contributed by atoms with van der Waals surface area (Å²) in [5, 5.41) is 10.1. The van der Waals surface area contributed by atoms with Crippen LogP contribution in [-0.4, -0.2) is 17.0 Å². The minimum absolute atomic E-state index is 0.00820. The molecule has 0 aromatic heterocycles. The lowest BCUT2D eigenvalue weighted by molar-refractivity contribution is -0.134. The maximum Gasteiger partial charge on any atom is 0.300 e. The molecule has 1 amide bonds. The Kier molecular flexibility index (Phi) is 6.63. The number of carbonyl (C=O) groups excluding carboxylic acids is 1. The monoisotopic (exact) mass is 209 g/mol. The minimum Gasteiger partial charge on any atom is -0.481 e. The highest BCUT2D eigenvalue weighted by Gasteiger charge is 1.91. The van der Waals surface area contributed by atoms with E-state index in [1.54, 1.807) is 0 Å². The SMILES string of the molecule is CC(=O)NCc1ccccc1.CC(=O)O. The van der Waals surface area contributed by atoms with Crippen LogP contribution in [0.3, 0.4) is 0 Å². The van der Waals surface area contributed by atoms with Crippen molar-refractivity contribution < 1.29 is 14.7 Å². The summed E-state index contributed by atoms with van der Waals surface area (Å²) in [6.07, 6.45) is 0. The van der Waals surface area contributed by atoms with Crippen LogP contribution >= 0.6 is 0 Å². The molecule has 0 radical (unpaired) electrons. The molecule has 82 valence electrons. The molecule has 1 rings (SSSR count). The summed E-state index contributed by atoms with van der Waals surface area (Å²) in [4.78, 5) is 19.5. The molecule has 2 N–H and O–H groups in total. The summed E-state index contributed by atoms with van der Waals surface area (Å²) >= 11 is 0. The maximum absolute atomic E-state index is 10.5. The van der Waals surface area contributed by atoms with Crippen molar-refractivity contribution in [2.75, 3.05) is 0 Å². The highest BCUT2D eigenvalue weighted by Crippen LogP contribution is 1.96. The van der Waals surface area contributed by atoms with Gasteiger partial charge in [-0.05, 0) is 5.56 Å². The van der Waals surface area contributed by atoms with E-state index in [9.17, 15) is 4.79 Å². The van der Waals surface area contributed by atoms with E-state index in [0.717, 1.165) is 12.5 Å². The third-order valence-electron chi connectivity index (χ3n) is 1.38. The van der Waals surface area contributed by atoms with Crippen molar-refractivity contribution in [1.82, 2.24) is 5.32 Å². The zero-order valence-electron chi connectivity index (χ0n) is 8.86. The summed E-state index contributed by atoms with van der Waals surface area (Å²) in [5.74, 6) is -0.825. The van der Waals surface area contributed by atoms with Crippen LogP contribution in [0.25, 0.3) is 0 Å². The third-order valence-corrected chi connectivity index (χ3v) is 1.38. The fourth-order valence-corrected chi connectivity index (χ4v) is 0.822. The molecule has 15 heavy (non-hydrogen) atoms. The lowest BCUT2D eigenvalue weighted by atomic mass is 10.2. The molecule has 0 bridgehead atoms. The van der Waals surface area contributed by atoms with E-state index < -0.39 is 5.97 Å². The van der Waals surface area contributed by atoms with Gasteiger partial charge in [0.25, 0.3) is 5.97 Å². The smallest absolute Gasteiger partial charge is 0.300 e. The first kappa shape index (κ1) is 13.2. The lowest BCUT2D eigenvalue weighted by Crippen LogP contribution is -2.18. The van der Waals surface area contributed by atoms with E-state index >= 15 is 0 Å². The number of hydrogen-bond acceptors (Lipinski definition) is 2. The van der Waals surface area contributed by atoms with Gasteiger partial charge in [-0.25, -0.2) is 0 Å². The molecule has 0 saturated carbocycles. The second kappa shape index (κ2) is 7.55. The highest BCUT2D eigenvalue weighted by molar-refractivity contribution is 5.72. The predicted octanol–water partition coefficient (Wildman–Crippen LogP) is 1.41. The first-order valence-corrected chi connectivity index (χ1v) is 4.50. The normalized spacial score (nSPS) is 8.40. The largest absolute Gasteiger partial charge is 0.481 e. The number of amides is 1. The molecule has 0 aliphatic heterocycles. The molecule has 4 nitrogen and oxygen atoms in total. The van der Waals surface area contributed by atoms with Crippen LogP contribution in [0, 0.1) is 0 Å². The second-order valence-corrected chi connectivity index (χ2v) is 2.91. The zero-order chi connectivity index (χ0) is 11.7. The standard InChI is InChI=1S/C9H11NO.C2H4O2/c1-8(11)10-7-9-5-3-2-4-6-9;1-2(3)4/h2-6H,7H2,1H3,(H,10,11);1H3,(H,3,4). The Bertz CT molecular complexity index is 305. The van der Waals surface area contributed by atoms with Crippen LogP contribution in [0.2, 0.25) is 0 Å². The molecule has 0 aliphatic carbocycles. The Balaban J connectivity index is 0.000000423. The molecule has 0 spiro atoms. The summed E-state index contributed by atoms with van der Waals surface area (Å²) in [5.41, 5.74) is 1.13. The zero-order valence-corrected chi connectivity index (χ0v) is 8.86. The van der Waals surface area contributed by atoms with Gasteiger partial charge in [-0.15, -0.1) is 0 Å². The van der Waals surface area contributed by atoms with Gasteiger partial charge in [-0.2, -0.15) is 0 Å². The lowest BCUT2D eigenvalue weighted by Gasteiger charge is -2.00. The Morgan fingerprint density at radius 1 is 1.20 bits per heavy atom. The molecular weight excluding hydrogens is 194 g/mol. The predicted molar refractivity (Wildman–Crippen MR) is 57.3 cm³/mol. The van der Waals surface area contributed by atoms with E-state index in [0.29, 0.717) is 6.54 Å². The van der Waals surface area contributed by atoms with E-state index in [-0.39, 0.29) is 5.91 Å². The average molecular weight is 209 g/mol. The van der Waals surface area contributed by atoms with Crippen molar-refractivity contribution >= 4 is 11.9 Å². The third kappa shape index (κ3) is 10.1. The number of rotatable bonds is 2. The van der Waals surface area contributed by atoms with Crippen LogP contribution < -0.4 is 5.32 Å². The van der Waals surface area contributed by atoms with Gasteiger partial charge in [-0.3, -0.25) is 9.59 Å². The van der Waals surface area contributed by atoms with Crippen LogP contribution in [0.5, 0.6) is 0 Å². The summed E-state index contributed by atoms with van der Waals surface area (Å²) < 4.78 is 0. The van der Waals surface area contributed by atoms with Gasteiger partial charge in [0.1, 0.15) is 0 Å². The van der Waals surface area contributed by atoms with Crippen molar-refractivity contribution in [3.05, 3.63) is 35.9 Å². The summed E-state index contributed by atoms with van der Waals surface area (Å²) in [7, 11) is 0. The van der Waals surface area contributed by atoms with E-state index in [1.165, 1.54) is 6.92 Å². The van der Waals surface area contributed by atoms with Crippen LogP contribution in [0.4, 0.5) is 0 Å². The highest BCUT2D eigenvalue weighted by atomic mass is 16.4. The first-order valence-electron chi connectivity index (χ1n) is 4.50. The molecule has 0 aliphatic rings. The molecule has 4 heteroatoms. The molecular formula is C11H15NO3. The number of aliphatic carboxylic acids is 1. The average Bonchev–Trinajstić information content (AvgIpc) is 2.15. The molecule has 0 atom stereocenters. The van der Waals surface area contributed by atoms with Gasteiger partial charge in [0, 0.05) is 20.4 Å². The van der Waals surface area contributed by atoms with Crippen LogP contribution in [0.15, 0.2) is 30.3 Å². The first-order chi connectivity index (χ1) is 7.02. The Labute approximate surface area is 88.9 Å². The second-order valence-electron chi connectivity index (χ2n) is 2.91. The van der Waals surface area contributed by atoms with Crippen LogP contribution in [0.1, 0.15) is 19.4 Å². The van der Waals surface area contributed by atoms with Gasteiger partial charge in [-0.1, -0.05) is 30.3 Å². The number of carboxylic acid groups (broad SMARTS) is 1. The molecule has 1 aromatic carbocycles. The number of nitrogens with one attached hydrogen (secondary N) is 1. The molecule has 0 unspecified atom stereocenters. The van der Waals surface area contributed by atoms with Crippen molar-refractivity contribution in [2.45, 2.75) is 20.4 Å². The van der Waals surface area contributed by atoms with Crippen molar-refractivity contribution in [3.63, 3.8) is 0 Å². The Morgan fingerprint density at radius 2 is 1.67 bits per heavy atom. The molecule has 0 saturated heterocycles. The van der Waals surface area contributed by atoms with E-state index in [2.05, 4.69) is 5.32 Å². The Hall–Kier alpha value is -1.84. The maximum atomic E-state index is 10.5.